The highest BCUT2D eigenvalue weighted by Gasteiger charge is 2.22. The summed E-state index contributed by atoms with van der Waals surface area (Å²) in [5.41, 5.74) is 0. The quantitative estimate of drug-likeness (QED) is 0.236. The first-order valence-electron chi connectivity index (χ1n) is 11.4. The number of piperidine rings is 1. The van der Waals surface area contributed by atoms with Gasteiger partial charge in [-0.1, -0.05) is 6.92 Å². The molecule has 1 aromatic heterocycles. The average molecular weight is 547 g/mol. The van der Waals surface area contributed by atoms with E-state index in [2.05, 4.69) is 27.8 Å². The van der Waals surface area contributed by atoms with E-state index in [1.54, 1.807) is 6.26 Å². The molecule has 3 N–H and O–H groups in total. The Hall–Kier alpha value is -1.33. The highest BCUT2D eigenvalue weighted by Crippen LogP contribution is 2.13. The summed E-state index contributed by atoms with van der Waals surface area (Å²) in [4.78, 5) is 19.0. The third-order valence-electron chi connectivity index (χ3n) is 5.59. The number of ether oxygens (including phenoxy) is 1. The number of guanidine groups is 1. The van der Waals surface area contributed by atoms with E-state index < -0.39 is 0 Å². The van der Waals surface area contributed by atoms with Crippen LogP contribution in [0.3, 0.4) is 0 Å². The molecular weight excluding hydrogens is 509 g/mol. The van der Waals surface area contributed by atoms with E-state index in [4.69, 9.17) is 14.1 Å². The monoisotopic (exact) mass is 547 g/mol. The largest absolute Gasteiger partial charge is 0.469 e. The third-order valence-corrected chi connectivity index (χ3v) is 5.59. The molecule has 176 valence electrons. The van der Waals surface area contributed by atoms with Gasteiger partial charge in [0, 0.05) is 45.2 Å². The topological polar surface area (TPSA) is 91.1 Å². The summed E-state index contributed by atoms with van der Waals surface area (Å²) in [6, 6.07) is 4.26. The number of hydrogen-bond acceptors (Lipinski definition) is 5. The van der Waals surface area contributed by atoms with Crippen molar-refractivity contribution in [3.8, 4) is 0 Å². The smallest absolute Gasteiger partial charge is 0.234 e. The van der Waals surface area contributed by atoms with E-state index >= 15 is 0 Å². The molecule has 0 aliphatic carbocycles. The second-order valence-electron chi connectivity index (χ2n) is 8.13. The van der Waals surface area contributed by atoms with Gasteiger partial charge in [-0.3, -0.25) is 14.7 Å². The number of amides is 1. The van der Waals surface area contributed by atoms with Gasteiger partial charge in [0.25, 0.3) is 0 Å². The van der Waals surface area contributed by atoms with Crippen molar-refractivity contribution >= 4 is 35.8 Å². The fraction of sp³-hybridized carbons (Fsp3) is 0.727. The van der Waals surface area contributed by atoms with E-state index in [0.29, 0.717) is 19.1 Å². The number of likely N-dealkylation sites (tertiary alicyclic amines) is 1. The molecule has 1 atom stereocenters. The lowest BCUT2D eigenvalue weighted by atomic mass is 10.1. The molecule has 31 heavy (non-hydrogen) atoms. The van der Waals surface area contributed by atoms with Gasteiger partial charge in [-0.25, -0.2) is 0 Å². The minimum absolute atomic E-state index is 0. The number of nitrogens with zero attached hydrogens (tertiary/aromatic N) is 2. The van der Waals surface area contributed by atoms with Crippen LogP contribution in [0.1, 0.15) is 44.8 Å². The van der Waals surface area contributed by atoms with Crippen molar-refractivity contribution in [3.05, 3.63) is 24.2 Å². The predicted molar refractivity (Wildman–Crippen MR) is 133 cm³/mol. The highest BCUT2D eigenvalue weighted by atomic mass is 127. The number of furan rings is 1. The fourth-order valence-electron chi connectivity index (χ4n) is 3.85. The SMILES string of the molecule is CCCNC(=O)CN1CCC(NC(=NCC2CCCO2)NCCc2ccco2)CC1.I. The number of halogens is 1. The molecule has 0 aromatic carbocycles. The molecule has 0 bridgehead atoms. The lowest BCUT2D eigenvalue weighted by molar-refractivity contribution is -0.122. The lowest BCUT2D eigenvalue weighted by Gasteiger charge is -2.32. The highest BCUT2D eigenvalue weighted by molar-refractivity contribution is 14.0. The van der Waals surface area contributed by atoms with Gasteiger partial charge >= 0.3 is 0 Å². The van der Waals surface area contributed by atoms with E-state index in [0.717, 1.165) is 83.0 Å². The number of carbonyl (C=O) groups is 1. The van der Waals surface area contributed by atoms with Gasteiger partial charge in [0.1, 0.15) is 5.76 Å². The molecule has 0 saturated carbocycles. The first kappa shape index (κ1) is 25.9. The van der Waals surface area contributed by atoms with E-state index in [9.17, 15) is 4.79 Å². The second kappa shape index (κ2) is 14.7. The Kier molecular flexibility index (Phi) is 12.3. The Morgan fingerprint density at radius 1 is 1.23 bits per heavy atom. The summed E-state index contributed by atoms with van der Waals surface area (Å²) in [7, 11) is 0. The van der Waals surface area contributed by atoms with Crippen LogP contribution in [-0.4, -0.2) is 74.8 Å². The van der Waals surface area contributed by atoms with Gasteiger partial charge in [-0.05, 0) is 44.2 Å². The van der Waals surface area contributed by atoms with E-state index in [1.807, 2.05) is 12.1 Å². The number of rotatable bonds is 10. The van der Waals surface area contributed by atoms with Crippen LogP contribution >= 0.6 is 24.0 Å². The molecule has 0 spiro atoms. The van der Waals surface area contributed by atoms with Gasteiger partial charge in [0.2, 0.25) is 5.91 Å². The number of aliphatic imine (C=N–C) groups is 1. The van der Waals surface area contributed by atoms with Crippen LogP contribution < -0.4 is 16.0 Å². The minimum atomic E-state index is 0. The summed E-state index contributed by atoms with van der Waals surface area (Å²) in [5.74, 6) is 1.94. The van der Waals surface area contributed by atoms with Gasteiger partial charge in [-0.15, -0.1) is 24.0 Å². The molecule has 3 rings (SSSR count). The van der Waals surface area contributed by atoms with Crippen LogP contribution in [0.4, 0.5) is 0 Å². The Morgan fingerprint density at radius 3 is 2.74 bits per heavy atom. The number of hydrogen-bond donors (Lipinski definition) is 3. The first-order chi connectivity index (χ1) is 14.7. The van der Waals surface area contributed by atoms with Crippen LogP contribution in [0.5, 0.6) is 0 Å². The molecule has 1 amide bonds. The molecule has 2 saturated heterocycles. The Labute approximate surface area is 203 Å². The van der Waals surface area contributed by atoms with E-state index in [1.165, 1.54) is 0 Å². The molecule has 1 aromatic rings. The summed E-state index contributed by atoms with van der Waals surface area (Å²) in [6.07, 6.45) is 7.94. The Bertz CT molecular complexity index is 642. The molecule has 1 unspecified atom stereocenters. The molecular formula is C22H38IN5O3. The van der Waals surface area contributed by atoms with Crippen molar-refractivity contribution in [2.75, 3.05) is 45.9 Å². The molecule has 8 nitrogen and oxygen atoms in total. The first-order valence-corrected chi connectivity index (χ1v) is 11.4. The summed E-state index contributed by atoms with van der Waals surface area (Å²) >= 11 is 0. The second-order valence-corrected chi connectivity index (χ2v) is 8.13. The normalized spacial score (nSPS) is 20.3. The van der Waals surface area contributed by atoms with Crippen molar-refractivity contribution in [1.82, 2.24) is 20.9 Å². The standard InChI is InChI=1S/C22H37N5O3.HI/c1-2-10-23-21(28)17-27-12-8-18(9-13-27)26-22(25-16-20-6-4-15-30-20)24-11-7-19-5-3-14-29-19;/h3,5,14,18,20H,2,4,6-13,15-17H2,1H3,(H,23,28)(H2,24,25,26);1H. The summed E-state index contributed by atoms with van der Waals surface area (Å²) < 4.78 is 11.1. The molecule has 3 heterocycles. The van der Waals surface area contributed by atoms with Crippen LogP contribution in [-0.2, 0) is 16.0 Å². The van der Waals surface area contributed by atoms with Gasteiger partial charge in [0.05, 0.1) is 25.5 Å². The van der Waals surface area contributed by atoms with Crippen molar-refractivity contribution in [2.45, 2.75) is 57.6 Å². The maximum atomic E-state index is 11.9. The molecule has 2 aliphatic rings. The van der Waals surface area contributed by atoms with Crippen LogP contribution in [0.2, 0.25) is 0 Å². The van der Waals surface area contributed by atoms with Crippen molar-refractivity contribution in [2.24, 2.45) is 4.99 Å². The predicted octanol–water partition coefficient (Wildman–Crippen LogP) is 2.14. The molecule has 0 radical (unpaired) electrons. The lowest BCUT2D eigenvalue weighted by Crippen LogP contribution is -2.50. The molecule has 9 heteroatoms. The zero-order valence-electron chi connectivity index (χ0n) is 18.6. The summed E-state index contributed by atoms with van der Waals surface area (Å²) in [6.45, 7) is 7.45. The average Bonchev–Trinajstić information content (AvgIpc) is 3.46. The van der Waals surface area contributed by atoms with Crippen molar-refractivity contribution < 1.29 is 13.9 Å². The number of nitrogens with one attached hydrogen (secondary N) is 3. The van der Waals surface area contributed by atoms with Crippen LogP contribution in [0.25, 0.3) is 0 Å². The summed E-state index contributed by atoms with van der Waals surface area (Å²) in [5, 5.41) is 9.99. The Balaban J connectivity index is 0.00000341. The fourth-order valence-corrected chi connectivity index (χ4v) is 3.85. The number of carbonyl (C=O) groups excluding carboxylic acids is 1. The van der Waals surface area contributed by atoms with Crippen LogP contribution in [0, 0.1) is 0 Å². The van der Waals surface area contributed by atoms with Gasteiger partial charge in [0.15, 0.2) is 5.96 Å². The Morgan fingerprint density at radius 2 is 2.06 bits per heavy atom. The molecule has 2 aliphatic heterocycles. The zero-order chi connectivity index (χ0) is 21.0. The van der Waals surface area contributed by atoms with E-state index in [-0.39, 0.29) is 36.0 Å². The molecule has 2 fully saturated rings. The maximum Gasteiger partial charge on any atom is 0.234 e. The maximum absolute atomic E-state index is 11.9. The van der Waals surface area contributed by atoms with Gasteiger partial charge in [-0.2, -0.15) is 0 Å². The minimum Gasteiger partial charge on any atom is -0.469 e. The van der Waals surface area contributed by atoms with Crippen molar-refractivity contribution in [1.29, 1.82) is 0 Å². The van der Waals surface area contributed by atoms with Crippen molar-refractivity contribution in [3.63, 3.8) is 0 Å². The van der Waals surface area contributed by atoms with Crippen LogP contribution in [0.15, 0.2) is 27.8 Å². The third kappa shape index (κ3) is 9.78. The van der Waals surface area contributed by atoms with Gasteiger partial charge < -0.3 is 25.1 Å². The zero-order valence-corrected chi connectivity index (χ0v) is 20.9.